The second-order valence-electron chi connectivity index (χ2n) is 11.9. The number of amides is 2. The molecule has 1 N–H and O–H groups in total. The lowest BCUT2D eigenvalue weighted by atomic mass is 9.71. The molecule has 41 heavy (non-hydrogen) atoms. The predicted molar refractivity (Wildman–Crippen MR) is 165 cm³/mol. The molecule has 0 radical (unpaired) electrons. The molecule has 1 aromatic carbocycles. The summed E-state index contributed by atoms with van der Waals surface area (Å²) in [5.41, 5.74) is 1.42. The van der Waals surface area contributed by atoms with E-state index >= 15 is 0 Å². The molecular weight excluding hydrogens is 560 g/mol. The number of carbonyl (C=O) groups excluding carboxylic acids is 3. The number of ether oxygens (including phenoxy) is 1. The Morgan fingerprint density at radius 3 is 2.68 bits per heavy atom. The third-order valence-electron chi connectivity index (χ3n) is 8.67. The van der Waals surface area contributed by atoms with Crippen LogP contribution < -0.4 is 4.90 Å². The van der Waals surface area contributed by atoms with Crippen LogP contribution >= 0.6 is 23.4 Å². The number of fused-ring (bicyclic) bond motifs is 1. The van der Waals surface area contributed by atoms with Gasteiger partial charge in [-0.1, -0.05) is 49.7 Å². The molecule has 3 saturated heterocycles. The molecule has 4 rings (SSSR count). The van der Waals surface area contributed by atoms with E-state index in [9.17, 15) is 19.5 Å². The van der Waals surface area contributed by atoms with Crippen molar-refractivity contribution in [1.29, 1.82) is 0 Å². The topological polar surface area (TPSA) is 87.2 Å². The first kappa shape index (κ1) is 31.6. The van der Waals surface area contributed by atoms with Crippen molar-refractivity contribution in [2.24, 2.45) is 17.8 Å². The van der Waals surface area contributed by atoms with Crippen molar-refractivity contribution in [2.75, 3.05) is 24.7 Å². The molecule has 6 atom stereocenters. The van der Waals surface area contributed by atoms with E-state index in [1.807, 2.05) is 39.0 Å². The van der Waals surface area contributed by atoms with Crippen LogP contribution in [0.1, 0.15) is 57.9 Å². The minimum Gasteiger partial charge on any atom is -0.465 e. The Hall–Kier alpha value is -2.29. The van der Waals surface area contributed by atoms with E-state index < -0.39 is 28.7 Å². The van der Waals surface area contributed by atoms with Crippen molar-refractivity contribution in [3.05, 3.63) is 54.1 Å². The highest BCUT2D eigenvalue weighted by Gasteiger charge is 2.74. The minimum absolute atomic E-state index is 0.0883. The van der Waals surface area contributed by atoms with Gasteiger partial charge in [-0.3, -0.25) is 14.4 Å². The number of aliphatic hydroxyl groups is 1. The number of hydrogen-bond acceptors (Lipinski definition) is 6. The fourth-order valence-corrected chi connectivity index (χ4v) is 9.56. The first-order valence-corrected chi connectivity index (χ1v) is 15.9. The van der Waals surface area contributed by atoms with Gasteiger partial charge < -0.3 is 19.6 Å². The van der Waals surface area contributed by atoms with Crippen LogP contribution in [-0.2, 0) is 19.1 Å². The van der Waals surface area contributed by atoms with Gasteiger partial charge in [0.05, 0.1) is 46.5 Å². The average molecular weight is 603 g/mol. The Bertz CT molecular complexity index is 1150. The molecule has 3 aliphatic heterocycles. The van der Waals surface area contributed by atoms with Crippen LogP contribution in [0.5, 0.6) is 0 Å². The van der Waals surface area contributed by atoms with Gasteiger partial charge in [0.2, 0.25) is 5.91 Å². The number of anilines is 1. The zero-order chi connectivity index (χ0) is 29.9. The quantitative estimate of drug-likeness (QED) is 0.170. The van der Waals surface area contributed by atoms with Gasteiger partial charge in [-0.2, -0.15) is 0 Å². The summed E-state index contributed by atoms with van der Waals surface area (Å²) in [5, 5.41) is 10.9. The molecule has 0 aliphatic carbocycles. The molecule has 2 unspecified atom stereocenters. The zero-order valence-corrected chi connectivity index (χ0v) is 26.0. The van der Waals surface area contributed by atoms with Crippen molar-refractivity contribution in [2.45, 2.75) is 81.4 Å². The molecule has 0 aromatic heterocycles. The fourth-order valence-electron chi connectivity index (χ4n) is 7.04. The van der Waals surface area contributed by atoms with Crippen LogP contribution in [0.2, 0.25) is 5.02 Å². The summed E-state index contributed by atoms with van der Waals surface area (Å²) >= 11 is 8.25. The van der Waals surface area contributed by atoms with E-state index in [1.165, 1.54) is 0 Å². The number of benzene rings is 1. The summed E-state index contributed by atoms with van der Waals surface area (Å²) < 4.78 is 4.93. The van der Waals surface area contributed by atoms with Crippen molar-refractivity contribution in [3.8, 4) is 0 Å². The van der Waals surface area contributed by atoms with Crippen molar-refractivity contribution in [3.63, 3.8) is 0 Å². The van der Waals surface area contributed by atoms with Crippen molar-refractivity contribution in [1.82, 2.24) is 4.90 Å². The summed E-state index contributed by atoms with van der Waals surface area (Å²) in [5.74, 6) is -1.96. The molecule has 0 saturated carbocycles. The highest BCUT2D eigenvalue weighted by molar-refractivity contribution is 8.02. The maximum Gasteiger partial charge on any atom is 0.310 e. The summed E-state index contributed by atoms with van der Waals surface area (Å²) in [6.45, 7) is 13.8. The van der Waals surface area contributed by atoms with E-state index in [4.69, 9.17) is 16.3 Å². The van der Waals surface area contributed by atoms with Crippen molar-refractivity contribution >= 4 is 46.8 Å². The second kappa shape index (κ2) is 13.3. The number of thioether (sulfide) groups is 1. The number of aryl methyl sites for hydroxylation is 1. The number of unbranched alkanes of at least 4 members (excludes halogenated alkanes) is 2. The number of nitrogens with zero attached hydrogens (tertiary/aromatic N) is 2. The number of aliphatic hydroxyl groups excluding tert-OH is 1. The molecule has 3 heterocycles. The highest BCUT2D eigenvalue weighted by Crippen LogP contribution is 2.67. The predicted octanol–water partition coefficient (Wildman–Crippen LogP) is 5.57. The van der Waals surface area contributed by atoms with E-state index in [0.29, 0.717) is 30.2 Å². The molecule has 3 aliphatic rings. The number of halogens is 1. The lowest BCUT2D eigenvalue weighted by molar-refractivity contribution is -0.154. The van der Waals surface area contributed by atoms with Gasteiger partial charge in [0.25, 0.3) is 5.91 Å². The Morgan fingerprint density at radius 1 is 1.29 bits per heavy atom. The lowest BCUT2D eigenvalue weighted by Gasteiger charge is -2.40. The summed E-state index contributed by atoms with van der Waals surface area (Å²) in [6.07, 6.45) is 7.86. The Morgan fingerprint density at radius 2 is 2.05 bits per heavy atom. The minimum atomic E-state index is -0.855. The Kier molecular flexibility index (Phi) is 10.3. The third-order valence-corrected chi connectivity index (χ3v) is 10.9. The van der Waals surface area contributed by atoms with E-state index in [2.05, 4.69) is 13.2 Å². The molecule has 9 heteroatoms. The Labute approximate surface area is 253 Å². The fraction of sp³-hybridized carbons (Fsp3) is 0.594. The monoisotopic (exact) mass is 602 g/mol. The lowest BCUT2D eigenvalue weighted by Crippen LogP contribution is -2.58. The highest BCUT2D eigenvalue weighted by atomic mass is 35.5. The van der Waals surface area contributed by atoms with E-state index in [1.54, 1.807) is 33.7 Å². The molecule has 2 amide bonds. The maximum absolute atomic E-state index is 14.8. The molecule has 224 valence electrons. The van der Waals surface area contributed by atoms with Gasteiger partial charge in [-0.15, -0.1) is 24.9 Å². The van der Waals surface area contributed by atoms with Crippen LogP contribution in [-0.4, -0.2) is 69.6 Å². The SMILES string of the molecule is C=CCCCCOC(=O)[C@@H]1[C@@H]2CCC3(S2)C(C(=O)N(CC=C)c2c(C)cccc2Cl)N([C@@H](CO)CC(C)C)C(=O)[C@H]13. The second-order valence-corrected chi connectivity index (χ2v) is 13.9. The Balaban J connectivity index is 1.75. The van der Waals surface area contributed by atoms with Gasteiger partial charge >= 0.3 is 5.97 Å². The normalized spacial score (nSPS) is 27.2. The molecule has 2 bridgehead atoms. The number of rotatable bonds is 14. The number of carbonyl (C=O) groups is 3. The molecule has 7 nitrogen and oxygen atoms in total. The molecular formula is C32H43ClN2O5S. The summed E-state index contributed by atoms with van der Waals surface area (Å²) in [4.78, 5) is 45.9. The number of allylic oxidation sites excluding steroid dienone is 1. The first-order valence-electron chi connectivity index (χ1n) is 14.7. The number of hydrogen-bond donors (Lipinski definition) is 1. The van der Waals surface area contributed by atoms with Crippen LogP contribution in [0.3, 0.4) is 0 Å². The van der Waals surface area contributed by atoms with Gasteiger partial charge in [-0.25, -0.2) is 0 Å². The molecule has 3 fully saturated rings. The smallest absolute Gasteiger partial charge is 0.310 e. The molecule has 1 aromatic rings. The van der Waals surface area contributed by atoms with Crippen molar-refractivity contribution < 1.29 is 24.2 Å². The first-order chi connectivity index (χ1) is 19.6. The van der Waals surface area contributed by atoms with Crippen LogP contribution in [0, 0.1) is 24.7 Å². The molecule has 1 spiro atoms. The van der Waals surface area contributed by atoms with Gasteiger partial charge in [0, 0.05) is 11.8 Å². The van der Waals surface area contributed by atoms with E-state index in [0.717, 1.165) is 31.2 Å². The standard InChI is InChI=1S/C32H43ClN2O5S/c1-6-8-9-10-17-40-31(39)25-24-14-15-32(41-24)26(25)29(37)35(22(19-36)18-20(3)4)28(32)30(38)34(16-7-2)27-21(5)12-11-13-23(27)33/h6-7,11-13,20,22,24-26,28,36H,1-2,8-10,14-19H2,3-5H3/t22-,24+,25-,26+,28?,32?/m1/s1. The maximum atomic E-state index is 14.8. The average Bonchev–Trinajstić information content (AvgIpc) is 3.58. The summed E-state index contributed by atoms with van der Waals surface area (Å²) in [7, 11) is 0. The van der Waals surface area contributed by atoms with Crippen LogP contribution in [0.15, 0.2) is 43.5 Å². The zero-order valence-electron chi connectivity index (χ0n) is 24.4. The number of para-hydroxylation sites is 1. The number of likely N-dealkylation sites (tertiary alicyclic amines) is 1. The van der Waals surface area contributed by atoms with Crippen LogP contribution in [0.25, 0.3) is 0 Å². The van der Waals surface area contributed by atoms with Gasteiger partial charge in [0.1, 0.15) is 6.04 Å². The largest absolute Gasteiger partial charge is 0.465 e. The third kappa shape index (κ3) is 5.84. The number of esters is 1. The van der Waals surface area contributed by atoms with Gasteiger partial charge in [0.15, 0.2) is 0 Å². The van der Waals surface area contributed by atoms with Crippen LogP contribution in [0.4, 0.5) is 5.69 Å². The van der Waals surface area contributed by atoms with Gasteiger partial charge in [-0.05, 0) is 63.0 Å². The summed E-state index contributed by atoms with van der Waals surface area (Å²) in [6, 6.07) is 4.08. The van der Waals surface area contributed by atoms with E-state index in [-0.39, 0.29) is 42.1 Å².